The third-order valence-electron chi connectivity index (χ3n) is 3.58. The molecule has 0 aromatic heterocycles. The highest BCUT2D eigenvalue weighted by Crippen LogP contribution is 2.16. The number of carboxylic acid groups (broad SMARTS) is 1. The van der Waals surface area contributed by atoms with E-state index in [0.717, 1.165) is 19.3 Å². The lowest BCUT2D eigenvalue weighted by Crippen LogP contribution is -2.48. The minimum absolute atomic E-state index is 0.0145. The van der Waals surface area contributed by atoms with Crippen molar-refractivity contribution in [3.63, 3.8) is 0 Å². The number of amides is 3. The molecule has 0 aromatic carbocycles. The second-order valence-electron chi connectivity index (χ2n) is 5.37. The number of carbonyl (C=O) groups is 3. The Hall–Kier alpha value is -1.79. The molecule has 2 atom stereocenters. The van der Waals surface area contributed by atoms with Crippen LogP contribution in [0.1, 0.15) is 39.0 Å². The average Bonchev–Trinajstić information content (AvgIpc) is 2.58. The topological polar surface area (TPSA) is 113 Å². The van der Waals surface area contributed by atoms with Gasteiger partial charge in [0, 0.05) is 19.5 Å². The predicted octanol–water partition coefficient (Wildman–Crippen LogP) is 0.537. The van der Waals surface area contributed by atoms with Crippen molar-refractivity contribution in [3.05, 3.63) is 0 Å². The Labute approximate surface area is 118 Å². The number of primary amides is 1. The van der Waals surface area contributed by atoms with E-state index in [4.69, 9.17) is 10.8 Å². The predicted molar refractivity (Wildman–Crippen MR) is 73.0 cm³/mol. The van der Waals surface area contributed by atoms with Crippen LogP contribution < -0.4 is 11.1 Å². The summed E-state index contributed by atoms with van der Waals surface area (Å²) in [5.41, 5.74) is 5.00. The van der Waals surface area contributed by atoms with E-state index in [2.05, 4.69) is 12.2 Å². The van der Waals surface area contributed by atoms with E-state index in [1.165, 1.54) is 0 Å². The number of nitrogens with two attached hydrogens (primary N) is 1. The van der Waals surface area contributed by atoms with Crippen LogP contribution in [0.2, 0.25) is 0 Å². The van der Waals surface area contributed by atoms with Crippen LogP contribution in [0.15, 0.2) is 0 Å². The molecule has 7 heteroatoms. The highest BCUT2D eigenvalue weighted by atomic mass is 16.4. The Morgan fingerprint density at radius 2 is 2.05 bits per heavy atom. The van der Waals surface area contributed by atoms with E-state index < -0.39 is 17.9 Å². The van der Waals surface area contributed by atoms with E-state index in [-0.39, 0.29) is 18.9 Å². The minimum atomic E-state index is -1.15. The molecule has 20 heavy (non-hydrogen) atoms. The fraction of sp³-hybridized carbons (Fsp3) is 0.769. The third kappa shape index (κ3) is 5.46. The second-order valence-corrected chi connectivity index (χ2v) is 5.37. The van der Waals surface area contributed by atoms with Crippen molar-refractivity contribution in [3.8, 4) is 0 Å². The molecule has 1 saturated heterocycles. The first-order chi connectivity index (χ1) is 9.40. The first kappa shape index (κ1) is 16.3. The van der Waals surface area contributed by atoms with Gasteiger partial charge < -0.3 is 21.1 Å². The lowest BCUT2D eigenvalue weighted by Gasteiger charge is -2.23. The molecule has 1 aliphatic rings. The number of urea groups is 1. The van der Waals surface area contributed by atoms with E-state index in [9.17, 15) is 14.4 Å². The van der Waals surface area contributed by atoms with Gasteiger partial charge in [0.05, 0.1) is 0 Å². The zero-order chi connectivity index (χ0) is 15.1. The molecule has 114 valence electrons. The maximum Gasteiger partial charge on any atom is 0.326 e. The normalized spacial score (nSPS) is 20.9. The lowest BCUT2D eigenvalue weighted by atomic mass is 10.0. The average molecular weight is 285 g/mol. The maximum absolute atomic E-state index is 12.1. The van der Waals surface area contributed by atoms with E-state index in [1.54, 1.807) is 4.90 Å². The van der Waals surface area contributed by atoms with Crippen molar-refractivity contribution in [2.24, 2.45) is 11.7 Å². The summed E-state index contributed by atoms with van der Waals surface area (Å²) in [7, 11) is 0. The summed E-state index contributed by atoms with van der Waals surface area (Å²) in [6.07, 6.45) is 2.88. The Kier molecular flexibility index (Phi) is 6.27. The molecule has 4 N–H and O–H groups in total. The van der Waals surface area contributed by atoms with Crippen LogP contribution in [0.4, 0.5) is 4.79 Å². The molecule has 0 aliphatic carbocycles. The summed E-state index contributed by atoms with van der Waals surface area (Å²) >= 11 is 0. The number of hydrogen-bond acceptors (Lipinski definition) is 3. The highest BCUT2D eigenvalue weighted by Gasteiger charge is 2.24. The fourth-order valence-electron chi connectivity index (χ4n) is 2.25. The smallest absolute Gasteiger partial charge is 0.326 e. The van der Waals surface area contributed by atoms with Gasteiger partial charge in [0.2, 0.25) is 5.91 Å². The molecular weight excluding hydrogens is 262 g/mol. The molecule has 3 amide bonds. The van der Waals surface area contributed by atoms with Crippen molar-refractivity contribution in [2.75, 3.05) is 13.1 Å². The molecule has 0 spiro atoms. The quantitative estimate of drug-likeness (QED) is 0.684. The molecule has 0 aromatic rings. The monoisotopic (exact) mass is 285 g/mol. The zero-order valence-corrected chi connectivity index (χ0v) is 11.8. The fourth-order valence-corrected chi connectivity index (χ4v) is 2.25. The van der Waals surface area contributed by atoms with Gasteiger partial charge >= 0.3 is 12.0 Å². The number of nitrogens with zero attached hydrogens (tertiary/aromatic N) is 1. The summed E-state index contributed by atoms with van der Waals surface area (Å²) < 4.78 is 0. The second kappa shape index (κ2) is 7.72. The summed E-state index contributed by atoms with van der Waals surface area (Å²) in [5.74, 6) is -1.14. The van der Waals surface area contributed by atoms with Gasteiger partial charge in [-0.25, -0.2) is 9.59 Å². The summed E-state index contributed by atoms with van der Waals surface area (Å²) in [5, 5.41) is 11.5. The molecule has 1 fully saturated rings. The van der Waals surface area contributed by atoms with Crippen molar-refractivity contribution >= 4 is 17.9 Å². The maximum atomic E-state index is 12.1. The number of likely N-dealkylation sites (tertiary alicyclic amines) is 1. The standard InChI is InChI=1S/C13H23N3O4/c1-9-3-2-7-16(8-6-9)13(20)15-10(12(18)19)4-5-11(14)17/h9-10H,2-8H2,1H3,(H2,14,17)(H,15,20)(H,18,19). The van der Waals surface area contributed by atoms with Gasteiger partial charge in [-0.1, -0.05) is 6.92 Å². The summed E-state index contributed by atoms with van der Waals surface area (Å²) in [6, 6.07) is -1.45. The van der Waals surface area contributed by atoms with Gasteiger partial charge in [-0.05, 0) is 31.6 Å². The van der Waals surface area contributed by atoms with E-state index in [0.29, 0.717) is 19.0 Å². The van der Waals surface area contributed by atoms with E-state index >= 15 is 0 Å². The van der Waals surface area contributed by atoms with Crippen LogP contribution in [-0.2, 0) is 9.59 Å². The molecule has 1 rings (SSSR count). The van der Waals surface area contributed by atoms with Crippen LogP contribution in [0.25, 0.3) is 0 Å². The minimum Gasteiger partial charge on any atom is -0.480 e. The molecular formula is C13H23N3O4. The number of hydrogen-bond donors (Lipinski definition) is 3. The van der Waals surface area contributed by atoms with Crippen LogP contribution in [0.5, 0.6) is 0 Å². The zero-order valence-electron chi connectivity index (χ0n) is 11.8. The Morgan fingerprint density at radius 3 is 2.65 bits per heavy atom. The van der Waals surface area contributed by atoms with Crippen LogP contribution >= 0.6 is 0 Å². The van der Waals surface area contributed by atoms with Gasteiger partial charge in [-0.3, -0.25) is 4.79 Å². The van der Waals surface area contributed by atoms with Crippen LogP contribution in [0, 0.1) is 5.92 Å². The SMILES string of the molecule is CC1CCCN(C(=O)NC(CCC(N)=O)C(=O)O)CC1. The number of nitrogens with one attached hydrogen (secondary N) is 1. The number of carboxylic acids is 1. The largest absolute Gasteiger partial charge is 0.480 e. The molecule has 0 radical (unpaired) electrons. The Morgan fingerprint density at radius 1 is 1.35 bits per heavy atom. The van der Waals surface area contributed by atoms with Crippen LogP contribution in [-0.4, -0.2) is 47.0 Å². The number of aliphatic carboxylic acids is 1. The Bertz CT molecular complexity index is 373. The molecule has 0 bridgehead atoms. The van der Waals surface area contributed by atoms with Crippen molar-refractivity contribution < 1.29 is 19.5 Å². The molecule has 7 nitrogen and oxygen atoms in total. The number of carbonyl (C=O) groups excluding carboxylic acids is 2. The number of rotatable bonds is 5. The lowest BCUT2D eigenvalue weighted by molar-refractivity contribution is -0.139. The molecule has 1 heterocycles. The van der Waals surface area contributed by atoms with Crippen molar-refractivity contribution in [1.29, 1.82) is 0 Å². The Balaban J connectivity index is 2.52. The molecule has 0 saturated carbocycles. The highest BCUT2D eigenvalue weighted by molar-refractivity contribution is 5.83. The van der Waals surface area contributed by atoms with Gasteiger partial charge in [0.25, 0.3) is 0 Å². The van der Waals surface area contributed by atoms with Gasteiger partial charge in [0.15, 0.2) is 0 Å². The van der Waals surface area contributed by atoms with Crippen molar-refractivity contribution in [2.45, 2.75) is 45.1 Å². The van der Waals surface area contributed by atoms with Gasteiger partial charge in [0.1, 0.15) is 6.04 Å². The first-order valence-corrected chi connectivity index (χ1v) is 6.96. The van der Waals surface area contributed by atoms with E-state index in [1.807, 2.05) is 0 Å². The van der Waals surface area contributed by atoms with Crippen LogP contribution in [0.3, 0.4) is 0 Å². The van der Waals surface area contributed by atoms with Crippen molar-refractivity contribution in [1.82, 2.24) is 10.2 Å². The third-order valence-corrected chi connectivity index (χ3v) is 3.58. The van der Waals surface area contributed by atoms with Gasteiger partial charge in [-0.2, -0.15) is 0 Å². The van der Waals surface area contributed by atoms with Gasteiger partial charge in [-0.15, -0.1) is 0 Å². The summed E-state index contributed by atoms with van der Waals surface area (Å²) in [6.45, 7) is 3.42. The first-order valence-electron chi connectivity index (χ1n) is 6.96. The molecule has 2 unspecified atom stereocenters. The summed E-state index contributed by atoms with van der Waals surface area (Å²) in [4.78, 5) is 35.5. The molecule has 1 aliphatic heterocycles.